The number of halogens is 3. The fourth-order valence-electron chi connectivity index (χ4n) is 2.78. The molecule has 0 spiro atoms. The molecule has 2 heterocycles. The van der Waals surface area contributed by atoms with Crippen molar-refractivity contribution in [2.75, 3.05) is 18.0 Å². The molecular formula is C14H20F3N3. The highest BCUT2D eigenvalue weighted by atomic mass is 19.4. The molecule has 1 fully saturated rings. The molecule has 20 heavy (non-hydrogen) atoms. The number of rotatable bonds is 2. The second-order valence-corrected chi connectivity index (χ2v) is 5.39. The monoisotopic (exact) mass is 287 g/mol. The SMILES string of the molecule is Cc1cc(C)c(CN)c(N2CCC(C(F)(F)F)CC2)n1. The van der Waals surface area contributed by atoms with Crippen LogP contribution in [-0.4, -0.2) is 24.2 Å². The zero-order valence-corrected chi connectivity index (χ0v) is 11.8. The number of nitrogens with zero attached hydrogens (tertiary/aromatic N) is 2. The number of hydrogen-bond donors (Lipinski definition) is 1. The van der Waals surface area contributed by atoms with E-state index in [-0.39, 0.29) is 12.8 Å². The molecule has 1 aromatic rings. The van der Waals surface area contributed by atoms with Crippen molar-refractivity contribution in [3.63, 3.8) is 0 Å². The molecule has 1 aliphatic heterocycles. The first kappa shape index (κ1) is 15.1. The summed E-state index contributed by atoms with van der Waals surface area (Å²) in [6.07, 6.45) is -3.83. The Morgan fingerprint density at radius 1 is 1.30 bits per heavy atom. The van der Waals surface area contributed by atoms with Crippen LogP contribution in [0, 0.1) is 19.8 Å². The van der Waals surface area contributed by atoms with Crippen molar-refractivity contribution in [3.8, 4) is 0 Å². The summed E-state index contributed by atoms with van der Waals surface area (Å²) in [7, 11) is 0. The quantitative estimate of drug-likeness (QED) is 0.909. The summed E-state index contributed by atoms with van der Waals surface area (Å²) in [4.78, 5) is 6.42. The number of nitrogens with two attached hydrogens (primary N) is 1. The first-order chi connectivity index (χ1) is 9.32. The van der Waals surface area contributed by atoms with E-state index in [1.165, 1.54) is 0 Å². The average molecular weight is 287 g/mol. The Morgan fingerprint density at radius 3 is 2.40 bits per heavy atom. The molecule has 0 aromatic carbocycles. The molecule has 3 nitrogen and oxygen atoms in total. The van der Waals surface area contributed by atoms with E-state index in [4.69, 9.17) is 5.73 Å². The van der Waals surface area contributed by atoms with Crippen LogP contribution in [0.1, 0.15) is 29.7 Å². The van der Waals surface area contributed by atoms with E-state index in [1.807, 2.05) is 24.8 Å². The number of piperidine rings is 1. The Labute approximate surface area is 117 Å². The molecular weight excluding hydrogens is 267 g/mol. The molecule has 6 heteroatoms. The first-order valence-corrected chi connectivity index (χ1v) is 6.81. The van der Waals surface area contributed by atoms with Crippen molar-refractivity contribution in [1.82, 2.24) is 4.98 Å². The Morgan fingerprint density at radius 2 is 1.90 bits per heavy atom. The van der Waals surface area contributed by atoms with Crippen LogP contribution in [0.25, 0.3) is 0 Å². The van der Waals surface area contributed by atoms with Gasteiger partial charge in [-0.2, -0.15) is 13.2 Å². The molecule has 0 aliphatic carbocycles. The van der Waals surface area contributed by atoms with Gasteiger partial charge >= 0.3 is 6.18 Å². The molecule has 1 saturated heterocycles. The van der Waals surface area contributed by atoms with Crippen LogP contribution >= 0.6 is 0 Å². The van der Waals surface area contributed by atoms with E-state index in [0.29, 0.717) is 19.6 Å². The van der Waals surface area contributed by atoms with Crippen LogP contribution in [0.2, 0.25) is 0 Å². The van der Waals surface area contributed by atoms with Gasteiger partial charge in [-0.15, -0.1) is 0 Å². The van der Waals surface area contributed by atoms with Gasteiger partial charge in [0.15, 0.2) is 0 Å². The molecule has 2 N–H and O–H groups in total. The largest absolute Gasteiger partial charge is 0.391 e. The summed E-state index contributed by atoms with van der Waals surface area (Å²) in [5, 5.41) is 0. The Balaban J connectivity index is 2.19. The molecule has 0 amide bonds. The third-order valence-electron chi connectivity index (χ3n) is 3.92. The third kappa shape index (κ3) is 3.06. The molecule has 0 saturated carbocycles. The minimum absolute atomic E-state index is 0.127. The molecule has 1 aliphatic rings. The first-order valence-electron chi connectivity index (χ1n) is 6.81. The Kier molecular flexibility index (Phi) is 4.22. The molecule has 0 atom stereocenters. The summed E-state index contributed by atoms with van der Waals surface area (Å²) >= 11 is 0. The van der Waals surface area contributed by atoms with Gasteiger partial charge in [-0.05, 0) is 38.3 Å². The lowest BCUT2D eigenvalue weighted by Gasteiger charge is -2.35. The maximum Gasteiger partial charge on any atom is 0.391 e. The number of aromatic nitrogens is 1. The van der Waals surface area contributed by atoms with Crippen LogP contribution in [0.4, 0.5) is 19.0 Å². The van der Waals surface area contributed by atoms with Gasteiger partial charge in [0.1, 0.15) is 5.82 Å². The van der Waals surface area contributed by atoms with Crippen molar-refractivity contribution >= 4 is 5.82 Å². The van der Waals surface area contributed by atoms with Crippen LogP contribution in [0.5, 0.6) is 0 Å². The van der Waals surface area contributed by atoms with Crippen LogP contribution < -0.4 is 10.6 Å². The van der Waals surface area contributed by atoms with E-state index >= 15 is 0 Å². The van der Waals surface area contributed by atoms with Crippen molar-refractivity contribution in [2.24, 2.45) is 11.7 Å². The highest BCUT2D eigenvalue weighted by Crippen LogP contribution is 2.36. The second kappa shape index (κ2) is 5.60. The van der Waals surface area contributed by atoms with Crippen LogP contribution in [0.15, 0.2) is 6.07 Å². The Hall–Kier alpha value is -1.30. The number of aryl methyl sites for hydroxylation is 2. The fraction of sp³-hybridized carbons (Fsp3) is 0.643. The van der Waals surface area contributed by atoms with Gasteiger partial charge in [0.25, 0.3) is 0 Å². The predicted molar refractivity (Wildman–Crippen MR) is 72.6 cm³/mol. The minimum Gasteiger partial charge on any atom is -0.356 e. The van der Waals surface area contributed by atoms with Gasteiger partial charge in [0, 0.05) is 30.9 Å². The fourth-order valence-corrected chi connectivity index (χ4v) is 2.78. The number of hydrogen-bond acceptors (Lipinski definition) is 3. The molecule has 0 radical (unpaired) electrons. The lowest BCUT2D eigenvalue weighted by atomic mass is 9.95. The summed E-state index contributed by atoms with van der Waals surface area (Å²) in [5.74, 6) is -0.434. The van der Waals surface area contributed by atoms with E-state index < -0.39 is 12.1 Å². The third-order valence-corrected chi connectivity index (χ3v) is 3.92. The zero-order valence-electron chi connectivity index (χ0n) is 11.8. The molecule has 1 aromatic heterocycles. The zero-order chi connectivity index (χ0) is 14.9. The molecule has 112 valence electrons. The van der Waals surface area contributed by atoms with Crippen molar-refractivity contribution < 1.29 is 13.2 Å². The van der Waals surface area contributed by atoms with Crippen LogP contribution in [0.3, 0.4) is 0 Å². The summed E-state index contributed by atoms with van der Waals surface area (Å²) in [6, 6.07) is 1.95. The van der Waals surface area contributed by atoms with Crippen molar-refractivity contribution in [2.45, 2.75) is 39.4 Å². The molecule has 0 bridgehead atoms. The Bertz CT molecular complexity index is 477. The van der Waals surface area contributed by atoms with Crippen molar-refractivity contribution in [3.05, 3.63) is 22.9 Å². The number of anilines is 1. The minimum atomic E-state index is -4.08. The number of pyridine rings is 1. The van der Waals surface area contributed by atoms with Crippen molar-refractivity contribution in [1.29, 1.82) is 0 Å². The van der Waals surface area contributed by atoms with E-state index in [2.05, 4.69) is 4.98 Å². The summed E-state index contributed by atoms with van der Waals surface area (Å²) in [5.41, 5.74) is 8.61. The maximum atomic E-state index is 12.7. The maximum absolute atomic E-state index is 12.7. The second-order valence-electron chi connectivity index (χ2n) is 5.39. The van der Waals surface area contributed by atoms with Gasteiger partial charge < -0.3 is 10.6 Å². The van der Waals surface area contributed by atoms with Gasteiger partial charge in [-0.25, -0.2) is 4.98 Å². The molecule has 0 unspecified atom stereocenters. The highest BCUT2D eigenvalue weighted by molar-refractivity contribution is 5.51. The highest BCUT2D eigenvalue weighted by Gasteiger charge is 2.41. The normalized spacial score (nSPS) is 17.6. The topological polar surface area (TPSA) is 42.1 Å². The number of alkyl halides is 3. The predicted octanol–water partition coefficient (Wildman–Crippen LogP) is 2.94. The van der Waals surface area contributed by atoms with Crippen LogP contribution in [-0.2, 0) is 6.54 Å². The summed E-state index contributed by atoms with van der Waals surface area (Å²) < 4.78 is 38.1. The van der Waals surface area contributed by atoms with E-state index in [0.717, 1.165) is 22.6 Å². The van der Waals surface area contributed by atoms with E-state index in [9.17, 15) is 13.2 Å². The smallest absolute Gasteiger partial charge is 0.356 e. The van der Waals surface area contributed by atoms with Gasteiger partial charge in [-0.1, -0.05) is 0 Å². The average Bonchev–Trinajstić information content (AvgIpc) is 2.37. The standard InChI is InChI=1S/C14H20F3N3/c1-9-7-10(2)19-13(12(9)8-18)20-5-3-11(4-6-20)14(15,16)17/h7,11H,3-6,8,18H2,1-2H3. The molecule has 2 rings (SSSR count). The lowest BCUT2D eigenvalue weighted by molar-refractivity contribution is -0.179. The van der Waals surface area contributed by atoms with E-state index in [1.54, 1.807) is 0 Å². The lowest BCUT2D eigenvalue weighted by Crippen LogP contribution is -2.40. The van der Waals surface area contributed by atoms with Gasteiger partial charge in [-0.3, -0.25) is 0 Å². The van der Waals surface area contributed by atoms with Gasteiger partial charge in [0.05, 0.1) is 5.92 Å². The summed E-state index contributed by atoms with van der Waals surface area (Å²) in [6.45, 7) is 4.97. The van der Waals surface area contributed by atoms with Gasteiger partial charge in [0.2, 0.25) is 0 Å².